The van der Waals surface area contributed by atoms with Crippen molar-refractivity contribution in [1.29, 1.82) is 0 Å². The molecule has 236 valence electrons. The lowest BCUT2D eigenvalue weighted by molar-refractivity contribution is -0.126. The number of aryl methyl sites for hydroxylation is 2. The normalized spacial score (nSPS) is 27.0. The minimum absolute atomic E-state index is 0.0748. The summed E-state index contributed by atoms with van der Waals surface area (Å²) in [4.78, 5) is 59.2. The highest BCUT2D eigenvalue weighted by atomic mass is 16.5. The van der Waals surface area contributed by atoms with Crippen LogP contribution in [-0.2, 0) is 32.0 Å². The smallest absolute Gasteiger partial charge is 0.238 e. The fraction of sp³-hybridized carbons (Fsp3) is 0.368. The Balaban J connectivity index is 1.33. The number of para-hydroxylation sites is 1. The highest BCUT2D eigenvalue weighted by molar-refractivity contribution is 6.24. The van der Waals surface area contributed by atoms with Crippen molar-refractivity contribution in [2.24, 2.45) is 29.6 Å². The Bertz CT molecular complexity index is 1760. The first kappa shape index (κ1) is 30.0. The maximum atomic E-state index is 14.4. The van der Waals surface area contributed by atoms with Crippen LogP contribution in [0, 0.1) is 29.6 Å². The van der Waals surface area contributed by atoms with E-state index in [9.17, 15) is 24.3 Å². The van der Waals surface area contributed by atoms with Crippen LogP contribution >= 0.6 is 0 Å². The number of imide groups is 2. The number of hydrogen-bond donors (Lipinski definition) is 1. The molecule has 3 aromatic rings. The average Bonchev–Trinajstić information content (AvgIpc) is 3.48. The zero-order chi connectivity index (χ0) is 32.3. The van der Waals surface area contributed by atoms with E-state index in [-0.39, 0.29) is 35.8 Å². The number of ether oxygens (including phenoxy) is 1. The highest BCUT2D eigenvalue weighted by Crippen LogP contribution is 2.59. The first-order valence-electron chi connectivity index (χ1n) is 16.4. The topological polar surface area (TPSA) is 104 Å². The summed E-state index contributed by atoms with van der Waals surface area (Å²) < 4.78 is 5.72. The van der Waals surface area contributed by atoms with Gasteiger partial charge in [0.05, 0.1) is 41.7 Å². The molecule has 2 saturated heterocycles. The number of fused-ring (bicyclic) bond motifs is 4. The lowest BCUT2D eigenvalue weighted by atomic mass is 9.57. The SMILES string of the molecule is CCOc1cccc(C2C3=CCC4C(=O)N(c5ccc(CC)cc5)C(=O)C4C3CC3C(=O)N(c4ccc(CC)cc4)C(=O)C32)c1O. The van der Waals surface area contributed by atoms with Crippen LogP contribution in [0.4, 0.5) is 11.4 Å². The molecule has 8 nitrogen and oxygen atoms in total. The number of carbonyl (C=O) groups is 4. The van der Waals surface area contributed by atoms with Gasteiger partial charge in [-0.2, -0.15) is 0 Å². The minimum atomic E-state index is -0.773. The Labute approximate surface area is 268 Å². The third kappa shape index (κ3) is 4.49. The second-order valence-electron chi connectivity index (χ2n) is 12.7. The molecule has 2 heterocycles. The molecule has 0 spiro atoms. The van der Waals surface area contributed by atoms with E-state index >= 15 is 0 Å². The fourth-order valence-electron chi connectivity index (χ4n) is 8.27. The summed E-state index contributed by atoms with van der Waals surface area (Å²) in [6, 6.07) is 20.2. The number of nitrogens with zero attached hydrogens (tertiary/aromatic N) is 2. The van der Waals surface area contributed by atoms with Crippen LogP contribution in [0.3, 0.4) is 0 Å². The summed E-state index contributed by atoms with van der Waals surface area (Å²) in [5, 5.41) is 11.5. The largest absolute Gasteiger partial charge is 0.504 e. The highest BCUT2D eigenvalue weighted by Gasteiger charge is 2.62. The number of anilines is 2. The second kappa shape index (κ2) is 11.6. The average molecular weight is 619 g/mol. The van der Waals surface area contributed by atoms with Crippen molar-refractivity contribution in [3.63, 3.8) is 0 Å². The molecule has 4 aliphatic rings. The maximum Gasteiger partial charge on any atom is 0.238 e. The molecule has 2 aliphatic heterocycles. The van der Waals surface area contributed by atoms with Gasteiger partial charge in [-0.1, -0.05) is 61.9 Å². The van der Waals surface area contributed by atoms with E-state index < -0.39 is 35.5 Å². The van der Waals surface area contributed by atoms with Crippen LogP contribution in [0.1, 0.15) is 56.2 Å². The van der Waals surface area contributed by atoms with Crippen molar-refractivity contribution < 1.29 is 29.0 Å². The Kier molecular flexibility index (Phi) is 7.54. The zero-order valence-corrected chi connectivity index (χ0v) is 26.3. The molecule has 7 rings (SSSR count). The number of amides is 4. The minimum Gasteiger partial charge on any atom is -0.504 e. The van der Waals surface area contributed by atoms with Crippen LogP contribution in [0.15, 0.2) is 78.4 Å². The van der Waals surface area contributed by atoms with Crippen LogP contribution < -0.4 is 14.5 Å². The van der Waals surface area contributed by atoms with E-state index in [4.69, 9.17) is 4.74 Å². The van der Waals surface area contributed by atoms with Crippen LogP contribution in [-0.4, -0.2) is 35.3 Å². The number of allylic oxidation sites excluding steroid dienone is 2. The quantitative estimate of drug-likeness (QED) is 0.259. The number of carbonyl (C=O) groups excluding carboxylic acids is 4. The zero-order valence-electron chi connectivity index (χ0n) is 26.3. The summed E-state index contributed by atoms with van der Waals surface area (Å²) in [7, 11) is 0. The lowest BCUT2D eigenvalue weighted by Gasteiger charge is -2.44. The van der Waals surface area contributed by atoms with Gasteiger partial charge in [-0.15, -0.1) is 0 Å². The van der Waals surface area contributed by atoms with Gasteiger partial charge in [0, 0.05) is 11.5 Å². The number of phenolic OH excluding ortho intramolecular Hbond substituents is 1. The van der Waals surface area contributed by atoms with Crippen molar-refractivity contribution in [2.75, 3.05) is 16.4 Å². The van der Waals surface area contributed by atoms with E-state index in [1.54, 1.807) is 30.3 Å². The second-order valence-corrected chi connectivity index (χ2v) is 12.7. The van der Waals surface area contributed by atoms with Crippen molar-refractivity contribution in [3.05, 3.63) is 95.1 Å². The number of phenols is 1. The predicted octanol–water partition coefficient (Wildman–Crippen LogP) is 5.96. The van der Waals surface area contributed by atoms with Gasteiger partial charge in [-0.25, -0.2) is 0 Å². The van der Waals surface area contributed by atoms with Gasteiger partial charge in [-0.3, -0.25) is 29.0 Å². The third-order valence-electron chi connectivity index (χ3n) is 10.5. The molecule has 1 saturated carbocycles. The third-order valence-corrected chi connectivity index (χ3v) is 10.5. The number of benzene rings is 3. The molecular weight excluding hydrogens is 580 g/mol. The summed E-state index contributed by atoms with van der Waals surface area (Å²) in [6.07, 6.45) is 4.28. The molecule has 3 aromatic carbocycles. The van der Waals surface area contributed by atoms with Gasteiger partial charge in [0.25, 0.3) is 0 Å². The summed E-state index contributed by atoms with van der Waals surface area (Å²) in [6.45, 7) is 6.26. The molecule has 4 amide bonds. The fourth-order valence-corrected chi connectivity index (χ4v) is 8.27. The molecule has 8 heteroatoms. The predicted molar refractivity (Wildman–Crippen MR) is 173 cm³/mol. The van der Waals surface area contributed by atoms with Crippen LogP contribution in [0.2, 0.25) is 0 Å². The Hall–Kier alpha value is -4.72. The van der Waals surface area contributed by atoms with E-state index in [2.05, 4.69) is 0 Å². The van der Waals surface area contributed by atoms with E-state index in [1.807, 2.05) is 63.2 Å². The summed E-state index contributed by atoms with van der Waals surface area (Å²) >= 11 is 0. The first-order chi connectivity index (χ1) is 22.3. The number of hydrogen-bond acceptors (Lipinski definition) is 6. The molecular formula is C38H38N2O6. The van der Waals surface area contributed by atoms with E-state index in [1.165, 1.54) is 9.80 Å². The molecule has 46 heavy (non-hydrogen) atoms. The Morgan fingerprint density at radius 3 is 1.83 bits per heavy atom. The van der Waals surface area contributed by atoms with Crippen molar-refractivity contribution in [3.8, 4) is 11.5 Å². The molecule has 3 fully saturated rings. The first-order valence-corrected chi connectivity index (χ1v) is 16.4. The molecule has 0 bridgehead atoms. The van der Waals surface area contributed by atoms with Crippen LogP contribution in [0.25, 0.3) is 0 Å². The van der Waals surface area contributed by atoms with E-state index in [0.29, 0.717) is 35.7 Å². The summed E-state index contributed by atoms with van der Waals surface area (Å²) in [5.74, 6) is -4.75. The standard InChI is InChI=1S/C38H38N2O6/c1-4-21-10-14-23(15-11-21)39-35(42)27-19-18-25-28(32(27)37(39)44)20-29-33(31(25)26-8-7-9-30(34(26)41)46-6-3)38(45)40(36(29)43)24-16-12-22(5-2)13-17-24/h7-18,27-29,31-33,41H,4-6,19-20H2,1-3H3. The molecule has 6 unspecified atom stereocenters. The monoisotopic (exact) mass is 618 g/mol. The maximum absolute atomic E-state index is 14.4. The van der Waals surface area contributed by atoms with E-state index in [0.717, 1.165) is 29.5 Å². The molecule has 1 N–H and O–H groups in total. The van der Waals surface area contributed by atoms with Crippen molar-refractivity contribution in [2.45, 2.75) is 52.4 Å². The molecule has 2 aliphatic carbocycles. The van der Waals surface area contributed by atoms with Gasteiger partial charge in [-0.05, 0) is 80.0 Å². The Morgan fingerprint density at radius 2 is 1.26 bits per heavy atom. The van der Waals surface area contributed by atoms with Crippen molar-refractivity contribution >= 4 is 35.0 Å². The number of rotatable bonds is 7. The molecule has 0 radical (unpaired) electrons. The van der Waals surface area contributed by atoms with Gasteiger partial charge in [0.1, 0.15) is 0 Å². The lowest BCUT2D eigenvalue weighted by Crippen LogP contribution is -2.43. The number of aromatic hydroxyl groups is 1. The summed E-state index contributed by atoms with van der Waals surface area (Å²) in [5.41, 5.74) is 4.58. The van der Waals surface area contributed by atoms with Gasteiger partial charge >= 0.3 is 0 Å². The molecule has 0 aromatic heterocycles. The van der Waals surface area contributed by atoms with Gasteiger partial charge < -0.3 is 9.84 Å². The van der Waals surface area contributed by atoms with Gasteiger partial charge in [0.15, 0.2) is 11.5 Å². The molecule has 6 atom stereocenters. The van der Waals surface area contributed by atoms with Crippen LogP contribution in [0.5, 0.6) is 11.5 Å². The van der Waals surface area contributed by atoms with Gasteiger partial charge in [0.2, 0.25) is 23.6 Å². The van der Waals surface area contributed by atoms with Crippen molar-refractivity contribution in [1.82, 2.24) is 0 Å². The Morgan fingerprint density at radius 1 is 0.696 bits per heavy atom.